The number of aliphatic carboxylic acids is 1. The number of urea groups is 1. The number of nitrogens with zero attached hydrogens (tertiary/aromatic N) is 2. The van der Waals surface area contributed by atoms with Crippen LogP contribution in [0.1, 0.15) is 26.7 Å². The van der Waals surface area contributed by atoms with Gasteiger partial charge in [-0.3, -0.25) is 9.59 Å². The number of hydrogen-bond acceptors (Lipinski definition) is 3. The number of likely N-dealkylation sites (tertiary alicyclic amines) is 1. The molecule has 0 unspecified atom stereocenters. The molecular weight excluding hydrogens is 262 g/mol. The number of rotatable bonds is 5. The van der Waals surface area contributed by atoms with E-state index in [1.54, 1.807) is 0 Å². The standard InChI is InChI=1S/C13H23N3O4/c1-9(2)6-16(8-11(14)17)13(20)15-5-3-4-10(7-15)12(18)19/h9-10H,3-8H2,1-2H3,(H2,14,17)(H,18,19)/t10-/m0/s1. The molecular formula is C13H23N3O4. The summed E-state index contributed by atoms with van der Waals surface area (Å²) in [6.45, 7) is 4.90. The lowest BCUT2D eigenvalue weighted by atomic mass is 9.98. The first-order chi connectivity index (χ1) is 9.31. The maximum absolute atomic E-state index is 12.4. The van der Waals surface area contributed by atoms with Gasteiger partial charge in [0.25, 0.3) is 0 Å². The quantitative estimate of drug-likeness (QED) is 0.760. The van der Waals surface area contributed by atoms with Crippen molar-refractivity contribution in [3.63, 3.8) is 0 Å². The molecule has 0 aliphatic carbocycles. The number of amides is 3. The zero-order valence-electron chi connectivity index (χ0n) is 12.0. The summed E-state index contributed by atoms with van der Waals surface area (Å²) in [7, 11) is 0. The summed E-state index contributed by atoms with van der Waals surface area (Å²) < 4.78 is 0. The van der Waals surface area contributed by atoms with E-state index in [4.69, 9.17) is 10.8 Å². The average Bonchev–Trinajstić information content (AvgIpc) is 2.36. The molecule has 0 radical (unpaired) electrons. The molecule has 7 nitrogen and oxygen atoms in total. The molecule has 1 fully saturated rings. The molecule has 0 aromatic rings. The molecule has 0 saturated carbocycles. The Morgan fingerprint density at radius 3 is 2.55 bits per heavy atom. The second-order valence-electron chi connectivity index (χ2n) is 5.65. The first-order valence-electron chi connectivity index (χ1n) is 6.86. The fraction of sp³-hybridized carbons (Fsp3) is 0.769. The number of carbonyl (C=O) groups is 3. The zero-order valence-corrected chi connectivity index (χ0v) is 12.0. The van der Waals surface area contributed by atoms with Crippen LogP contribution in [-0.2, 0) is 9.59 Å². The van der Waals surface area contributed by atoms with Crippen LogP contribution >= 0.6 is 0 Å². The van der Waals surface area contributed by atoms with E-state index in [9.17, 15) is 14.4 Å². The van der Waals surface area contributed by atoms with E-state index in [2.05, 4.69) is 0 Å². The fourth-order valence-electron chi connectivity index (χ4n) is 2.39. The number of nitrogens with two attached hydrogens (primary N) is 1. The third-order valence-corrected chi connectivity index (χ3v) is 3.24. The predicted octanol–water partition coefficient (Wildman–Crippen LogP) is 0.346. The van der Waals surface area contributed by atoms with Crippen molar-refractivity contribution in [3.8, 4) is 0 Å². The molecule has 114 valence electrons. The smallest absolute Gasteiger partial charge is 0.320 e. The maximum Gasteiger partial charge on any atom is 0.320 e. The Kier molecular flexibility index (Phi) is 5.79. The highest BCUT2D eigenvalue weighted by atomic mass is 16.4. The normalized spacial score (nSPS) is 18.9. The first kappa shape index (κ1) is 16.3. The van der Waals surface area contributed by atoms with Crippen LogP contribution in [0.3, 0.4) is 0 Å². The maximum atomic E-state index is 12.4. The summed E-state index contributed by atoms with van der Waals surface area (Å²) in [5.41, 5.74) is 5.17. The van der Waals surface area contributed by atoms with E-state index in [0.29, 0.717) is 25.9 Å². The van der Waals surface area contributed by atoms with Gasteiger partial charge in [0.2, 0.25) is 5.91 Å². The summed E-state index contributed by atoms with van der Waals surface area (Å²) in [6.07, 6.45) is 1.24. The highest BCUT2D eigenvalue weighted by Crippen LogP contribution is 2.18. The molecule has 0 aromatic carbocycles. The van der Waals surface area contributed by atoms with Crippen molar-refractivity contribution in [2.24, 2.45) is 17.6 Å². The largest absolute Gasteiger partial charge is 0.481 e. The number of piperidine rings is 1. The number of carbonyl (C=O) groups excluding carboxylic acids is 2. The highest BCUT2D eigenvalue weighted by molar-refractivity contribution is 5.83. The van der Waals surface area contributed by atoms with Crippen LogP contribution in [0.25, 0.3) is 0 Å². The summed E-state index contributed by atoms with van der Waals surface area (Å²) in [6, 6.07) is -0.302. The molecule has 1 rings (SSSR count). The number of hydrogen-bond donors (Lipinski definition) is 2. The van der Waals surface area contributed by atoms with Crippen LogP contribution in [0, 0.1) is 11.8 Å². The van der Waals surface area contributed by atoms with Gasteiger partial charge in [-0.1, -0.05) is 13.8 Å². The van der Waals surface area contributed by atoms with Crippen molar-refractivity contribution in [3.05, 3.63) is 0 Å². The van der Waals surface area contributed by atoms with Crippen molar-refractivity contribution < 1.29 is 19.5 Å². The monoisotopic (exact) mass is 285 g/mol. The molecule has 3 N–H and O–H groups in total. The van der Waals surface area contributed by atoms with Gasteiger partial charge in [0, 0.05) is 19.6 Å². The van der Waals surface area contributed by atoms with E-state index < -0.39 is 17.8 Å². The van der Waals surface area contributed by atoms with Gasteiger partial charge in [0.05, 0.1) is 5.92 Å². The molecule has 1 aliphatic rings. The van der Waals surface area contributed by atoms with E-state index in [-0.39, 0.29) is 25.0 Å². The van der Waals surface area contributed by atoms with E-state index >= 15 is 0 Å². The zero-order chi connectivity index (χ0) is 15.3. The molecule has 0 spiro atoms. The van der Waals surface area contributed by atoms with Gasteiger partial charge in [-0.05, 0) is 18.8 Å². The molecule has 1 saturated heterocycles. The molecule has 20 heavy (non-hydrogen) atoms. The van der Waals surface area contributed by atoms with Gasteiger partial charge in [-0.25, -0.2) is 4.79 Å². The van der Waals surface area contributed by atoms with Crippen LogP contribution in [0.15, 0.2) is 0 Å². The van der Waals surface area contributed by atoms with Gasteiger partial charge >= 0.3 is 12.0 Å². The lowest BCUT2D eigenvalue weighted by Gasteiger charge is -2.35. The molecule has 0 bridgehead atoms. The van der Waals surface area contributed by atoms with Crippen LogP contribution in [0.2, 0.25) is 0 Å². The number of carboxylic acid groups (broad SMARTS) is 1. The summed E-state index contributed by atoms with van der Waals surface area (Å²) in [4.78, 5) is 37.4. The Labute approximate surface area is 118 Å². The number of carboxylic acids is 1. The van der Waals surface area contributed by atoms with E-state index in [0.717, 1.165) is 0 Å². The lowest BCUT2D eigenvalue weighted by molar-refractivity contribution is -0.143. The van der Waals surface area contributed by atoms with Crippen molar-refractivity contribution >= 4 is 17.9 Å². The second kappa shape index (κ2) is 7.12. The Hall–Kier alpha value is -1.79. The second-order valence-corrected chi connectivity index (χ2v) is 5.65. The van der Waals surface area contributed by atoms with Gasteiger partial charge in [0.1, 0.15) is 6.54 Å². The minimum atomic E-state index is -0.882. The van der Waals surface area contributed by atoms with E-state index in [1.165, 1.54) is 9.80 Å². The molecule has 1 heterocycles. The summed E-state index contributed by atoms with van der Waals surface area (Å²) in [5, 5.41) is 9.04. The van der Waals surface area contributed by atoms with E-state index in [1.807, 2.05) is 13.8 Å². The Morgan fingerprint density at radius 1 is 1.40 bits per heavy atom. The minimum absolute atomic E-state index is 0.134. The van der Waals surface area contributed by atoms with Crippen molar-refractivity contribution in [1.82, 2.24) is 9.80 Å². The third kappa shape index (κ3) is 4.71. The lowest BCUT2D eigenvalue weighted by Crippen LogP contribution is -2.51. The molecule has 3 amide bonds. The average molecular weight is 285 g/mol. The van der Waals surface area contributed by atoms with Gasteiger partial charge < -0.3 is 20.6 Å². The molecule has 0 aromatic heterocycles. The van der Waals surface area contributed by atoms with Crippen LogP contribution in [0.5, 0.6) is 0 Å². The van der Waals surface area contributed by atoms with Crippen LogP contribution in [-0.4, -0.2) is 59.0 Å². The highest BCUT2D eigenvalue weighted by Gasteiger charge is 2.31. The predicted molar refractivity (Wildman–Crippen MR) is 72.9 cm³/mol. The first-order valence-corrected chi connectivity index (χ1v) is 6.86. The number of primary amides is 1. The third-order valence-electron chi connectivity index (χ3n) is 3.24. The molecule has 1 atom stereocenters. The van der Waals surface area contributed by atoms with Gasteiger partial charge in [-0.15, -0.1) is 0 Å². The summed E-state index contributed by atoms with van der Waals surface area (Å²) in [5.74, 6) is -1.76. The van der Waals surface area contributed by atoms with Crippen LogP contribution < -0.4 is 5.73 Å². The topological polar surface area (TPSA) is 104 Å². The Balaban J connectivity index is 2.72. The fourth-order valence-corrected chi connectivity index (χ4v) is 2.39. The van der Waals surface area contributed by atoms with Gasteiger partial charge in [-0.2, -0.15) is 0 Å². The molecule has 7 heteroatoms. The minimum Gasteiger partial charge on any atom is -0.481 e. The van der Waals surface area contributed by atoms with Crippen LogP contribution in [0.4, 0.5) is 4.79 Å². The van der Waals surface area contributed by atoms with Crippen molar-refractivity contribution in [2.45, 2.75) is 26.7 Å². The molecule has 1 aliphatic heterocycles. The van der Waals surface area contributed by atoms with Gasteiger partial charge in [0.15, 0.2) is 0 Å². The SMILES string of the molecule is CC(C)CN(CC(N)=O)C(=O)N1CCC[C@H](C(=O)O)C1. The summed E-state index contributed by atoms with van der Waals surface area (Å²) >= 11 is 0. The van der Waals surface area contributed by atoms with Crippen molar-refractivity contribution in [2.75, 3.05) is 26.2 Å². The Bertz CT molecular complexity index is 384. The van der Waals surface area contributed by atoms with Crippen molar-refractivity contribution in [1.29, 1.82) is 0 Å². The Morgan fingerprint density at radius 2 is 2.05 bits per heavy atom.